The lowest BCUT2D eigenvalue weighted by Crippen LogP contribution is -2.35. The predicted octanol–water partition coefficient (Wildman–Crippen LogP) is 3.96. The van der Waals surface area contributed by atoms with E-state index in [1.807, 2.05) is 39.9 Å². The number of fused-ring (bicyclic) bond motifs is 1. The minimum Gasteiger partial charge on any atom is -0.334 e. The van der Waals surface area contributed by atoms with Crippen molar-refractivity contribution in [3.05, 3.63) is 53.1 Å². The van der Waals surface area contributed by atoms with Gasteiger partial charge in [-0.15, -0.1) is 0 Å². The molecule has 1 aliphatic heterocycles. The summed E-state index contributed by atoms with van der Waals surface area (Å²) < 4.78 is 1.98. The molecule has 1 amide bonds. The van der Waals surface area contributed by atoms with Crippen LogP contribution >= 0.6 is 11.6 Å². The lowest BCUT2D eigenvalue weighted by Gasteiger charge is -2.24. The Bertz CT molecular complexity index is 837. The lowest BCUT2D eigenvalue weighted by atomic mass is 10.1. The smallest absolute Gasteiger partial charge is 0.274 e. The summed E-state index contributed by atoms with van der Waals surface area (Å²) >= 11 is 6.17. The predicted molar refractivity (Wildman–Crippen MR) is 111 cm³/mol. The first-order chi connectivity index (χ1) is 13.5. The van der Waals surface area contributed by atoms with Crippen LogP contribution in [-0.4, -0.2) is 51.4 Å². The van der Waals surface area contributed by atoms with Crippen LogP contribution in [0.25, 0.3) is 0 Å². The van der Waals surface area contributed by atoms with Gasteiger partial charge in [0.2, 0.25) is 0 Å². The summed E-state index contributed by atoms with van der Waals surface area (Å²) in [5, 5.41) is 0.705. The second-order valence-corrected chi connectivity index (χ2v) is 8.90. The Hall–Kier alpha value is -1.85. The molecule has 1 aromatic carbocycles. The Balaban J connectivity index is 1.50. The number of halogens is 1. The third kappa shape index (κ3) is 3.96. The molecule has 2 aromatic rings. The van der Waals surface area contributed by atoms with Gasteiger partial charge in [0.05, 0.1) is 6.33 Å². The Kier molecular flexibility index (Phi) is 5.48. The van der Waals surface area contributed by atoms with E-state index in [1.165, 1.54) is 13.1 Å². The van der Waals surface area contributed by atoms with Gasteiger partial charge in [0.15, 0.2) is 0 Å². The number of piperidine rings is 1. The van der Waals surface area contributed by atoms with E-state index in [0.29, 0.717) is 29.2 Å². The van der Waals surface area contributed by atoms with Crippen LogP contribution in [0.4, 0.5) is 0 Å². The molecule has 28 heavy (non-hydrogen) atoms. The fraction of sp³-hybridized carbons (Fsp3) is 0.545. The highest BCUT2D eigenvalue weighted by atomic mass is 35.5. The van der Waals surface area contributed by atoms with Crippen molar-refractivity contribution in [2.75, 3.05) is 26.2 Å². The highest BCUT2D eigenvalue weighted by molar-refractivity contribution is 6.30. The summed E-state index contributed by atoms with van der Waals surface area (Å²) in [6.07, 6.45) is 3.62. The van der Waals surface area contributed by atoms with Gasteiger partial charge in [-0.1, -0.05) is 30.7 Å². The quantitative estimate of drug-likeness (QED) is 0.706. The molecule has 5 nitrogen and oxygen atoms in total. The Labute approximate surface area is 172 Å². The summed E-state index contributed by atoms with van der Waals surface area (Å²) in [6.45, 7) is 11.2. The second kappa shape index (κ2) is 7.88. The van der Waals surface area contributed by atoms with Crippen molar-refractivity contribution in [2.24, 2.45) is 17.8 Å². The van der Waals surface area contributed by atoms with E-state index >= 15 is 0 Å². The molecule has 6 heteroatoms. The molecule has 0 radical (unpaired) electrons. The van der Waals surface area contributed by atoms with Crippen molar-refractivity contribution in [1.82, 2.24) is 19.4 Å². The zero-order valence-corrected chi connectivity index (χ0v) is 17.6. The lowest BCUT2D eigenvalue weighted by molar-refractivity contribution is 0.0719. The SMILES string of the molecule is CCN1CC2C(C1)C2CN(Cc1cccc(Cl)c1)C(=O)c1cn(C(C)C)cn1. The van der Waals surface area contributed by atoms with Crippen LogP contribution in [0.1, 0.15) is 42.9 Å². The number of hydrogen-bond acceptors (Lipinski definition) is 3. The maximum absolute atomic E-state index is 13.3. The van der Waals surface area contributed by atoms with Gasteiger partial charge in [-0.2, -0.15) is 0 Å². The fourth-order valence-electron chi connectivity index (χ4n) is 4.49. The van der Waals surface area contributed by atoms with Crippen LogP contribution in [-0.2, 0) is 6.54 Å². The summed E-state index contributed by atoms with van der Waals surface area (Å²) in [6, 6.07) is 8.08. The molecule has 1 aliphatic carbocycles. The van der Waals surface area contributed by atoms with Crippen LogP contribution in [0.2, 0.25) is 5.02 Å². The first kappa shape index (κ1) is 19.5. The zero-order chi connectivity index (χ0) is 19.8. The van der Waals surface area contributed by atoms with Gasteiger partial charge in [-0.05, 0) is 55.8 Å². The maximum atomic E-state index is 13.3. The number of amides is 1. The Morgan fingerprint density at radius 1 is 1.32 bits per heavy atom. The van der Waals surface area contributed by atoms with E-state index in [2.05, 4.69) is 30.7 Å². The molecule has 0 N–H and O–H groups in total. The van der Waals surface area contributed by atoms with Gasteiger partial charge in [0.25, 0.3) is 5.91 Å². The van der Waals surface area contributed by atoms with Crippen LogP contribution in [0.5, 0.6) is 0 Å². The highest BCUT2D eigenvalue weighted by Crippen LogP contribution is 2.52. The number of rotatable bonds is 7. The average molecular weight is 401 g/mol. The number of aromatic nitrogens is 2. The molecule has 1 aromatic heterocycles. The van der Waals surface area contributed by atoms with Gasteiger partial charge >= 0.3 is 0 Å². The highest BCUT2D eigenvalue weighted by Gasteiger charge is 2.55. The molecular formula is C22H29ClN4O. The third-order valence-corrected chi connectivity index (χ3v) is 6.53. The molecule has 2 fully saturated rings. The van der Waals surface area contributed by atoms with Crippen LogP contribution in [0.15, 0.2) is 36.8 Å². The van der Waals surface area contributed by atoms with Gasteiger partial charge in [-0.3, -0.25) is 4.79 Å². The normalized spacial score (nSPS) is 23.8. The largest absolute Gasteiger partial charge is 0.334 e. The van der Waals surface area contributed by atoms with E-state index in [-0.39, 0.29) is 5.91 Å². The monoisotopic (exact) mass is 400 g/mol. The molecule has 0 spiro atoms. The van der Waals surface area contributed by atoms with Crippen molar-refractivity contribution < 1.29 is 4.79 Å². The van der Waals surface area contributed by atoms with Gasteiger partial charge in [0.1, 0.15) is 5.69 Å². The molecule has 4 rings (SSSR count). The Morgan fingerprint density at radius 2 is 2.07 bits per heavy atom. The molecule has 2 aliphatic rings. The summed E-state index contributed by atoms with van der Waals surface area (Å²) in [4.78, 5) is 22.1. The van der Waals surface area contributed by atoms with Gasteiger partial charge < -0.3 is 14.4 Å². The average Bonchev–Trinajstić information content (AvgIpc) is 3.09. The number of hydrogen-bond donors (Lipinski definition) is 0. The zero-order valence-electron chi connectivity index (χ0n) is 16.9. The number of carbonyl (C=O) groups is 1. The fourth-order valence-corrected chi connectivity index (χ4v) is 4.70. The number of likely N-dealkylation sites (tertiary alicyclic amines) is 1. The minimum atomic E-state index is 0.0108. The maximum Gasteiger partial charge on any atom is 0.274 e. The standard InChI is InChI=1S/C22H29ClN4O/c1-4-25-10-18-19(11-25)20(18)12-26(9-16-6-5-7-17(23)8-16)22(28)21-13-27(14-24-21)15(2)3/h5-8,13-15,18-20H,4,9-12H2,1-3H3. The van der Waals surface area contributed by atoms with Crippen molar-refractivity contribution >= 4 is 17.5 Å². The molecule has 2 atom stereocenters. The summed E-state index contributed by atoms with van der Waals surface area (Å²) in [7, 11) is 0. The molecular weight excluding hydrogens is 372 g/mol. The van der Waals surface area contributed by atoms with Crippen molar-refractivity contribution in [1.29, 1.82) is 0 Å². The Morgan fingerprint density at radius 3 is 2.68 bits per heavy atom. The van der Waals surface area contributed by atoms with Crippen molar-refractivity contribution in [3.8, 4) is 0 Å². The minimum absolute atomic E-state index is 0.0108. The van der Waals surface area contributed by atoms with Crippen LogP contribution in [0, 0.1) is 17.8 Å². The van der Waals surface area contributed by atoms with E-state index in [9.17, 15) is 4.79 Å². The second-order valence-electron chi connectivity index (χ2n) is 8.46. The van der Waals surface area contributed by atoms with E-state index in [1.54, 1.807) is 6.33 Å². The first-order valence-corrected chi connectivity index (χ1v) is 10.6. The van der Waals surface area contributed by atoms with Crippen molar-refractivity contribution in [2.45, 2.75) is 33.4 Å². The molecule has 2 unspecified atom stereocenters. The topological polar surface area (TPSA) is 41.4 Å². The molecule has 150 valence electrons. The van der Waals surface area contributed by atoms with E-state index in [4.69, 9.17) is 11.6 Å². The molecule has 1 saturated heterocycles. The number of benzene rings is 1. The van der Waals surface area contributed by atoms with E-state index < -0.39 is 0 Å². The van der Waals surface area contributed by atoms with Gasteiger partial charge in [-0.25, -0.2) is 4.98 Å². The van der Waals surface area contributed by atoms with Crippen LogP contribution in [0.3, 0.4) is 0 Å². The van der Waals surface area contributed by atoms with E-state index in [0.717, 1.165) is 30.5 Å². The van der Waals surface area contributed by atoms with Gasteiger partial charge in [0, 0.05) is 43.4 Å². The summed E-state index contributed by atoms with van der Waals surface area (Å²) in [5.74, 6) is 2.10. The molecule has 0 bridgehead atoms. The van der Waals surface area contributed by atoms with Crippen LogP contribution < -0.4 is 0 Å². The third-order valence-electron chi connectivity index (χ3n) is 6.29. The molecule has 2 heterocycles. The van der Waals surface area contributed by atoms with Crippen molar-refractivity contribution in [3.63, 3.8) is 0 Å². The number of nitrogens with zero attached hydrogens (tertiary/aromatic N) is 4. The number of carbonyl (C=O) groups excluding carboxylic acids is 1. The summed E-state index contributed by atoms with van der Waals surface area (Å²) in [5.41, 5.74) is 1.59. The molecule has 1 saturated carbocycles. The number of imidazole rings is 1. The first-order valence-electron chi connectivity index (χ1n) is 10.3.